The van der Waals surface area contributed by atoms with Crippen molar-refractivity contribution in [1.82, 2.24) is 0 Å². The molecular weight excluding hydrogens is 459 g/mol. The molecule has 0 radical (unpaired) electrons. The fraction of sp³-hybridized carbons (Fsp3) is 0.400. The summed E-state index contributed by atoms with van der Waals surface area (Å²) in [5.41, 5.74) is -3.33. The van der Waals surface area contributed by atoms with Crippen LogP contribution < -0.4 is 4.90 Å². The Labute approximate surface area is 183 Å². The average molecular weight is 474 g/mol. The topological polar surface area (TPSA) is 99.2 Å². The third-order valence-corrected chi connectivity index (χ3v) is 5.84. The predicted molar refractivity (Wildman–Crippen MR) is 100.0 cm³/mol. The lowest BCUT2D eigenvalue weighted by atomic mass is 9.76. The van der Waals surface area contributed by atoms with E-state index in [2.05, 4.69) is 0 Å². The number of imide groups is 1. The van der Waals surface area contributed by atoms with Crippen molar-refractivity contribution in [2.24, 2.45) is 11.8 Å². The van der Waals surface area contributed by atoms with Crippen molar-refractivity contribution in [2.75, 3.05) is 4.90 Å². The number of anilines is 1. The van der Waals surface area contributed by atoms with Crippen LogP contribution in [0.1, 0.15) is 19.4 Å². The van der Waals surface area contributed by atoms with E-state index in [0.29, 0.717) is 11.0 Å². The number of ether oxygens (including phenoxy) is 3. The molecule has 3 aliphatic heterocycles. The summed E-state index contributed by atoms with van der Waals surface area (Å²) in [5, 5.41) is -0.591. The van der Waals surface area contributed by atoms with Gasteiger partial charge >= 0.3 is 18.1 Å². The largest absolute Gasteiger partial charge is 0.422 e. The van der Waals surface area contributed by atoms with Gasteiger partial charge in [-0.3, -0.25) is 19.2 Å². The number of benzene rings is 1. The van der Waals surface area contributed by atoms with Gasteiger partial charge in [-0.05, 0) is 24.3 Å². The summed E-state index contributed by atoms with van der Waals surface area (Å²) in [6.45, 7) is 2.10. The zero-order valence-corrected chi connectivity index (χ0v) is 17.3. The van der Waals surface area contributed by atoms with E-state index in [4.69, 9.17) is 25.8 Å². The van der Waals surface area contributed by atoms with Crippen LogP contribution in [0, 0.1) is 11.8 Å². The molecule has 0 spiro atoms. The molecule has 0 aromatic heterocycles. The number of amides is 2. The van der Waals surface area contributed by atoms with Crippen molar-refractivity contribution in [3.05, 3.63) is 40.9 Å². The third kappa shape index (κ3) is 3.27. The second kappa shape index (κ2) is 7.31. The molecule has 12 heteroatoms. The van der Waals surface area contributed by atoms with Gasteiger partial charge in [-0.25, -0.2) is 4.90 Å². The van der Waals surface area contributed by atoms with E-state index in [-0.39, 0.29) is 5.69 Å². The summed E-state index contributed by atoms with van der Waals surface area (Å²) in [7, 11) is 0. The van der Waals surface area contributed by atoms with Crippen LogP contribution in [0.5, 0.6) is 0 Å². The molecule has 0 saturated carbocycles. The molecule has 3 heterocycles. The lowest BCUT2D eigenvalue weighted by molar-refractivity contribution is -0.226. The van der Waals surface area contributed by atoms with Gasteiger partial charge in [0.15, 0.2) is 5.60 Å². The Kier molecular flexibility index (Phi) is 5.09. The van der Waals surface area contributed by atoms with Gasteiger partial charge in [0.25, 0.3) is 6.29 Å². The molecule has 2 fully saturated rings. The van der Waals surface area contributed by atoms with E-state index in [0.717, 1.165) is 26.0 Å². The van der Waals surface area contributed by atoms with E-state index in [9.17, 15) is 32.3 Å². The molecule has 0 N–H and O–H groups in total. The van der Waals surface area contributed by atoms with Crippen molar-refractivity contribution < 1.29 is 46.6 Å². The monoisotopic (exact) mass is 473 g/mol. The first-order chi connectivity index (χ1) is 14.9. The second-order valence-corrected chi connectivity index (χ2v) is 7.93. The van der Waals surface area contributed by atoms with Crippen molar-refractivity contribution >= 4 is 41.0 Å². The minimum atomic E-state index is -4.81. The minimum absolute atomic E-state index is 0.322. The zero-order valence-electron chi connectivity index (χ0n) is 16.5. The molecule has 0 unspecified atom stereocenters. The molecule has 8 nitrogen and oxygen atoms in total. The van der Waals surface area contributed by atoms with Gasteiger partial charge in [0.05, 0.1) is 34.2 Å². The average Bonchev–Trinajstić information content (AvgIpc) is 3.32. The number of esters is 2. The normalized spacial score (nSPS) is 28.5. The SMILES string of the molecule is CC(=O)OC(OC(C)=O)[C@@]12C=C[C@@H](O1)[C@@H]1C(=O)N(c3ccc(Cl)c(C(F)(F)F)c3)C(=O)[C@H]12. The highest BCUT2D eigenvalue weighted by atomic mass is 35.5. The van der Waals surface area contributed by atoms with Gasteiger partial charge in [0.2, 0.25) is 11.8 Å². The molecular formula is C20H15ClF3NO7. The molecule has 1 aromatic carbocycles. The molecule has 2 amide bonds. The van der Waals surface area contributed by atoms with Crippen molar-refractivity contribution in [3.63, 3.8) is 0 Å². The highest BCUT2D eigenvalue weighted by molar-refractivity contribution is 6.31. The number of hydrogen-bond acceptors (Lipinski definition) is 7. The fourth-order valence-electron chi connectivity index (χ4n) is 4.34. The van der Waals surface area contributed by atoms with Crippen LogP contribution in [-0.2, 0) is 39.6 Å². The van der Waals surface area contributed by atoms with Crippen LogP contribution in [0.3, 0.4) is 0 Å². The van der Waals surface area contributed by atoms with E-state index < -0.39 is 70.3 Å². The van der Waals surface area contributed by atoms with Crippen LogP contribution in [0.15, 0.2) is 30.4 Å². The highest BCUT2D eigenvalue weighted by Gasteiger charge is 2.72. The second-order valence-electron chi connectivity index (χ2n) is 7.52. The third-order valence-electron chi connectivity index (χ3n) is 5.51. The minimum Gasteiger partial charge on any atom is -0.422 e. The van der Waals surface area contributed by atoms with Crippen molar-refractivity contribution in [3.8, 4) is 0 Å². The number of fused-ring (bicyclic) bond motifs is 5. The molecule has 1 aromatic rings. The molecule has 4 rings (SSSR count). The first-order valence-corrected chi connectivity index (χ1v) is 9.71. The Bertz CT molecular complexity index is 1060. The molecule has 32 heavy (non-hydrogen) atoms. The van der Waals surface area contributed by atoms with Crippen LogP contribution in [0.4, 0.5) is 18.9 Å². The van der Waals surface area contributed by atoms with Gasteiger partial charge in [-0.1, -0.05) is 17.7 Å². The smallest absolute Gasteiger partial charge is 0.417 e. The molecule has 2 bridgehead atoms. The Morgan fingerprint density at radius 1 is 1.16 bits per heavy atom. The fourth-order valence-corrected chi connectivity index (χ4v) is 4.57. The van der Waals surface area contributed by atoms with Crippen LogP contribution in [0.2, 0.25) is 5.02 Å². The van der Waals surface area contributed by atoms with Crippen LogP contribution in [-0.4, -0.2) is 41.7 Å². The summed E-state index contributed by atoms with van der Waals surface area (Å²) in [4.78, 5) is 50.2. The van der Waals surface area contributed by atoms with Gasteiger partial charge in [-0.2, -0.15) is 13.2 Å². The Morgan fingerprint density at radius 3 is 2.34 bits per heavy atom. The van der Waals surface area contributed by atoms with E-state index in [1.54, 1.807) is 0 Å². The summed E-state index contributed by atoms with van der Waals surface area (Å²) in [6, 6.07) is 2.67. The molecule has 170 valence electrons. The number of carbonyl (C=O) groups excluding carboxylic acids is 4. The maximum absolute atomic E-state index is 13.3. The number of halogens is 4. The summed E-state index contributed by atoms with van der Waals surface area (Å²) < 4.78 is 55.8. The summed E-state index contributed by atoms with van der Waals surface area (Å²) in [6.07, 6.45) is -4.59. The van der Waals surface area contributed by atoms with E-state index >= 15 is 0 Å². The van der Waals surface area contributed by atoms with Gasteiger partial charge in [0, 0.05) is 13.8 Å². The zero-order chi connectivity index (χ0) is 23.6. The maximum Gasteiger partial charge on any atom is 0.417 e. The quantitative estimate of drug-likeness (QED) is 0.287. The van der Waals surface area contributed by atoms with Crippen LogP contribution in [0.25, 0.3) is 0 Å². The number of nitrogens with zero attached hydrogens (tertiary/aromatic N) is 1. The number of alkyl halides is 3. The molecule has 2 saturated heterocycles. The van der Waals surface area contributed by atoms with E-state index in [1.165, 1.54) is 12.2 Å². The molecule has 4 atom stereocenters. The van der Waals surface area contributed by atoms with Crippen molar-refractivity contribution in [1.29, 1.82) is 0 Å². The standard InChI is InChI=1S/C20H15ClF3NO7/c1-8(26)30-18(31-9(2)27)19-6-5-13(32-19)14-15(19)17(29)25(16(14)28)10-3-4-12(21)11(7-10)20(22,23)24/h3-7,13-15,18H,1-2H3/t13-,14+,15+,19+/m1/s1. The first kappa shape index (κ1) is 22.3. The molecule has 3 aliphatic rings. The van der Waals surface area contributed by atoms with Crippen LogP contribution >= 0.6 is 11.6 Å². The van der Waals surface area contributed by atoms with E-state index in [1.807, 2.05) is 0 Å². The lowest BCUT2D eigenvalue weighted by Crippen LogP contribution is -2.52. The number of rotatable bonds is 4. The first-order valence-electron chi connectivity index (χ1n) is 9.33. The maximum atomic E-state index is 13.3. The lowest BCUT2D eigenvalue weighted by Gasteiger charge is -2.34. The number of carbonyl (C=O) groups is 4. The molecule has 0 aliphatic carbocycles. The van der Waals surface area contributed by atoms with Gasteiger partial charge < -0.3 is 14.2 Å². The van der Waals surface area contributed by atoms with Crippen molar-refractivity contribution in [2.45, 2.75) is 38.0 Å². The highest BCUT2D eigenvalue weighted by Crippen LogP contribution is 2.55. The predicted octanol–water partition coefficient (Wildman–Crippen LogP) is 2.62. The summed E-state index contributed by atoms with van der Waals surface area (Å²) in [5.74, 6) is -5.75. The number of hydrogen-bond donors (Lipinski definition) is 0. The Hall–Kier alpha value is -2.92. The van der Waals surface area contributed by atoms with Gasteiger partial charge in [0.1, 0.15) is 0 Å². The summed E-state index contributed by atoms with van der Waals surface area (Å²) >= 11 is 5.64. The Balaban J connectivity index is 1.76. The van der Waals surface area contributed by atoms with Gasteiger partial charge in [-0.15, -0.1) is 0 Å². The Morgan fingerprint density at radius 2 is 1.78 bits per heavy atom.